The monoisotopic (exact) mass is 1080 g/mol. The van der Waals surface area contributed by atoms with Gasteiger partial charge in [0.05, 0.1) is 24.3 Å². The number of carbonyl (C=O) groups excluding carboxylic acids is 8. The van der Waals surface area contributed by atoms with Crippen LogP contribution in [0.3, 0.4) is 0 Å². The lowest BCUT2D eigenvalue weighted by Gasteiger charge is -2.40. The number of nitrogens with zero attached hydrogens (tertiary/aromatic N) is 1. The third-order valence-corrected chi connectivity index (χ3v) is 13.3. The lowest BCUT2D eigenvalue weighted by molar-refractivity contribution is -0.154. The first-order valence-electron chi connectivity index (χ1n) is 25.4. The van der Waals surface area contributed by atoms with E-state index in [1.54, 1.807) is 90.0 Å². The molecule has 424 valence electrons. The average Bonchev–Trinajstić information content (AvgIpc) is 3.27. The van der Waals surface area contributed by atoms with Gasteiger partial charge in [-0.05, 0) is 96.3 Å². The van der Waals surface area contributed by atoms with E-state index in [4.69, 9.17) is 15.2 Å². The van der Waals surface area contributed by atoms with Crippen molar-refractivity contribution in [1.82, 2.24) is 36.2 Å². The summed E-state index contributed by atoms with van der Waals surface area (Å²) < 4.78 is 41.0. The molecule has 2 aromatic rings. The molecule has 0 radical (unpaired) electrons. The number of anilines is 1. The van der Waals surface area contributed by atoms with E-state index < -0.39 is 121 Å². The van der Waals surface area contributed by atoms with Gasteiger partial charge >= 0.3 is 18.1 Å². The van der Waals surface area contributed by atoms with E-state index in [0.29, 0.717) is 0 Å². The van der Waals surface area contributed by atoms with Gasteiger partial charge in [-0.25, -0.2) is 22.7 Å². The van der Waals surface area contributed by atoms with Crippen molar-refractivity contribution in [3.8, 4) is 0 Å². The quantitative estimate of drug-likeness (QED) is 0.0384. The molecule has 0 fully saturated rings. The maximum atomic E-state index is 14.7. The predicted octanol–water partition coefficient (Wildman–Crippen LogP) is 5.15. The molecule has 0 aliphatic rings. The van der Waals surface area contributed by atoms with Crippen LogP contribution in [-0.2, 0) is 53.7 Å². The number of para-hydroxylation sites is 1. The molecule has 0 unspecified atom stereocenters. The largest absolute Gasteiger partial charge is 0.459 e. The van der Waals surface area contributed by atoms with Crippen molar-refractivity contribution in [1.29, 1.82) is 0 Å². The van der Waals surface area contributed by atoms with Gasteiger partial charge in [-0.1, -0.05) is 111 Å². The van der Waals surface area contributed by atoms with Crippen LogP contribution in [0, 0.1) is 17.3 Å². The number of ether oxygens (including phenoxy) is 2. The number of primary amides is 1. The predicted molar refractivity (Wildman–Crippen MR) is 291 cm³/mol. The summed E-state index contributed by atoms with van der Waals surface area (Å²) in [6.07, 6.45) is 0.660. The highest BCUT2D eigenvalue weighted by Gasteiger charge is 2.43. The Labute approximate surface area is 449 Å². The SMILES string of the molecule is C/C(=C\[C@H](C(C)C)N(C)C(=O)[C@@H](NC(=O)[C@@H](NCC(=O)OC(C)(C)C)C(C)(C)c1ccccc1)C(C)(C)C)C(=O)NS(=O)(=O)c1ccccc1NC(=O)[C@H](CCCNC(N)=O)NC(=O)[C@@H](NC(=O)OC(C)(C)C)C(C)C. The molecule has 0 heterocycles. The lowest BCUT2D eigenvalue weighted by atomic mass is 9.76. The fraction of sp³-hybridized carbons (Fsp3) is 0.593. The van der Waals surface area contributed by atoms with E-state index >= 15 is 0 Å². The number of nitrogens with one attached hydrogen (secondary N) is 7. The van der Waals surface area contributed by atoms with Gasteiger partial charge < -0.3 is 46.7 Å². The van der Waals surface area contributed by atoms with Gasteiger partial charge in [0, 0.05) is 24.6 Å². The molecule has 0 spiro atoms. The van der Waals surface area contributed by atoms with Crippen molar-refractivity contribution in [2.24, 2.45) is 23.0 Å². The first-order chi connectivity index (χ1) is 34.8. The van der Waals surface area contributed by atoms with Gasteiger partial charge in [0.15, 0.2) is 0 Å². The van der Waals surface area contributed by atoms with Crippen LogP contribution in [0.1, 0.15) is 129 Å². The second-order valence-corrected chi connectivity index (χ2v) is 24.8. The molecule has 2 aromatic carbocycles. The molecule has 21 nitrogen and oxygen atoms in total. The molecule has 8 amide bonds. The van der Waals surface area contributed by atoms with E-state index in [-0.39, 0.29) is 43.1 Å². The zero-order valence-corrected chi connectivity index (χ0v) is 48.3. The minimum Gasteiger partial charge on any atom is -0.459 e. The van der Waals surface area contributed by atoms with Crippen molar-refractivity contribution in [2.45, 2.75) is 175 Å². The van der Waals surface area contributed by atoms with Crippen LogP contribution in [0.2, 0.25) is 0 Å². The lowest BCUT2D eigenvalue weighted by Crippen LogP contribution is -2.62. The van der Waals surface area contributed by atoms with Crippen molar-refractivity contribution in [3.63, 3.8) is 0 Å². The Morgan fingerprint density at radius 2 is 1.28 bits per heavy atom. The fourth-order valence-corrected chi connectivity index (χ4v) is 9.06. The molecule has 2 rings (SSSR count). The average molecular weight is 1080 g/mol. The van der Waals surface area contributed by atoms with E-state index in [0.717, 1.165) is 11.6 Å². The van der Waals surface area contributed by atoms with Crippen LogP contribution in [0.15, 0.2) is 71.1 Å². The second kappa shape index (κ2) is 27.5. The van der Waals surface area contributed by atoms with Gasteiger partial charge in [-0.2, -0.15) is 0 Å². The number of alkyl carbamates (subject to hydrolysis) is 1. The second-order valence-electron chi connectivity index (χ2n) is 23.1. The summed E-state index contributed by atoms with van der Waals surface area (Å²) in [6, 6.07) is 8.26. The fourth-order valence-electron chi connectivity index (χ4n) is 7.88. The molecule has 76 heavy (non-hydrogen) atoms. The van der Waals surface area contributed by atoms with Crippen LogP contribution < -0.4 is 42.4 Å². The summed E-state index contributed by atoms with van der Waals surface area (Å²) in [5.41, 5.74) is 2.26. The number of likely N-dealkylation sites (N-methyl/N-ethyl adjacent to an activating group) is 1. The Morgan fingerprint density at radius 3 is 1.80 bits per heavy atom. The molecule has 22 heteroatoms. The Hall–Kier alpha value is -6.55. The van der Waals surface area contributed by atoms with Crippen LogP contribution in [0.5, 0.6) is 0 Å². The number of benzene rings is 2. The number of hydrogen-bond acceptors (Lipinski definition) is 13. The Kier molecular flexibility index (Phi) is 23.7. The third kappa shape index (κ3) is 20.9. The zero-order chi connectivity index (χ0) is 58.3. The summed E-state index contributed by atoms with van der Waals surface area (Å²) >= 11 is 0. The first kappa shape index (κ1) is 65.6. The molecule has 0 aromatic heterocycles. The Balaban J connectivity index is 2.46. The highest BCUT2D eigenvalue weighted by Crippen LogP contribution is 2.30. The van der Waals surface area contributed by atoms with Gasteiger partial charge in [0.2, 0.25) is 23.6 Å². The number of esters is 1. The number of rotatable bonds is 24. The molecular formula is C54H85N9O12S. The van der Waals surface area contributed by atoms with E-state index in [2.05, 4.69) is 36.6 Å². The summed E-state index contributed by atoms with van der Waals surface area (Å²) in [7, 11) is -3.22. The maximum Gasteiger partial charge on any atom is 0.408 e. The van der Waals surface area contributed by atoms with Crippen LogP contribution in [0.25, 0.3) is 0 Å². The smallest absolute Gasteiger partial charge is 0.408 e. The number of urea groups is 1. The molecule has 5 atom stereocenters. The molecular weight excluding hydrogens is 999 g/mol. The van der Waals surface area contributed by atoms with E-state index in [9.17, 15) is 46.8 Å². The zero-order valence-electron chi connectivity index (χ0n) is 47.5. The number of carbonyl (C=O) groups is 8. The minimum absolute atomic E-state index is 0.0303. The van der Waals surface area contributed by atoms with Crippen LogP contribution in [-0.4, -0.2) is 122 Å². The Bertz CT molecular complexity index is 2510. The molecule has 9 N–H and O–H groups in total. The topological polar surface area (TPSA) is 303 Å². The number of amides is 8. The standard InChI is InChI=1S/C54H85N9O12S/c1-32(2)38(63(17)48(69)43(51(6,7)8)61-47(68)42(57-31-40(64)74-52(9,10)11)54(15,16)35-24-19-18-20-25-35)30-34(5)44(65)62-76(72,73)39-28-22-21-26-36(39)58-45(66)37(27-23-29-56-49(55)70)59-46(67)41(33(3)4)60-50(71)75-53(12,13)14/h18-22,24-26,28,30,32-33,37-38,41-43,57H,23,27,29,31H2,1-17H3,(H,58,66)(H,59,67)(H,60,71)(H,61,68)(H,62,65)(H3,55,56,70)/b34-30+/t37-,38+,41-,42+,43+/m0/s1. The van der Waals surface area contributed by atoms with E-state index in [1.165, 1.54) is 43.1 Å². The molecule has 0 aliphatic heterocycles. The molecule has 0 saturated heterocycles. The molecule has 0 bridgehead atoms. The minimum atomic E-state index is -4.74. The van der Waals surface area contributed by atoms with Gasteiger partial charge in [-0.3, -0.25) is 34.1 Å². The van der Waals surface area contributed by atoms with Gasteiger partial charge in [0.1, 0.15) is 34.2 Å². The van der Waals surface area contributed by atoms with Gasteiger partial charge in [-0.15, -0.1) is 0 Å². The highest BCUT2D eigenvalue weighted by molar-refractivity contribution is 7.90. The number of sulfonamides is 1. The maximum absolute atomic E-state index is 14.7. The highest BCUT2D eigenvalue weighted by atomic mass is 32.2. The van der Waals surface area contributed by atoms with Crippen molar-refractivity contribution < 1.29 is 56.2 Å². The third-order valence-electron chi connectivity index (χ3n) is 11.9. The molecule has 0 aliphatic carbocycles. The summed E-state index contributed by atoms with van der Waals surface area (Å²) in [5.74, 6) is -5.10. The summed E-state index contributed by atoms with van der Waals surface area (Å²) in [6.45, 7) is 27.3. The molecule has 0 saturated carbocycles. The first-order valence-corrected chi connectivity index (χ1v) is 26.8. The van der Waals surface area contributed by atoms with Crippen molar-refractivity contribution in [2.75, 3.05) is 25.5 Å². The normalized spacial score (nSPS) is 14.5. The van der Waals surface area contributed by atoms with Gasteiger partial charge in [0.25, 0.3) is 15.9 Å². The number of hydrogen-bond donors (Lipinski definition) is 8. The summed E-state index contributed by atoms with van der Waals surface area (Å²) in [4.78, 5) is 108. The van der Waals surface area contributed by atoms with Crippen molar-refractivity contribution in [3.05, 3.63) is 71.8 Å². The van der Waals surface area contributed by atoms with Crippen molar-refractivity contribution >= 4 is 63.3 Å². The van der Waals surface area contributed by atoms with Crippen LogP contribution in [0.4, 0.5) is 15.3 Å². The number of nitrogens with two attached hydrogens (primary N) is 1. The summed E-state index contributed by atoms with van der Waals surface area (Å²) in [5, 5.41) is 16.2. The Morgan fingerprint density at radius 1 is 0.711 bits per heavy atom. The van der Waals surface area contributed by atoms with Crippen LogP contribution >= 0.6 is 0 Å². The van der Waals surface area contributed by atoms with E-state index in [1.807, 2.05) is 44.2 Å².